The molecule has 4 heteroatoms. The van der Waals surface area contributed by atoms with Crippen molar-refractivity contribution in [3.05, 3.63) is 89.5 Å². The van der Waals surface area contributed by atoms with Crippen molar-refractivity contribution in [2.24, 2.45) is 0 Å². The molecular formula is C28H34BrO2P. The average Bonchev–Trinajstić information content (AvgIpc) is 2.77. The van der Waals surface area contributed by atoms with Crippen LogP contribution in [0.15, 0.2) is 72.8 Å². The fourth-order valence-corrected chi connectivity index (χ4v) is 12.1. The van der Waals surface area contributed by atoms with Crippen LogP contribution in [-0.2, 0) is 4.79 Å². The Labute approximate surface area is 200 Å². The second kappa shape index (κ2) is 10.3. The maximum atomic E-state index is 10.9. The summed E-state index contributed by atoms with van der Waals surface area (Å²) >= 11 is 4.52. The van der Waals surface area contributed by atoms with Crippen LogP contribution < -0.4 is 15.9 Å². The predicted molar refractivity (Wildman–Crippen MR) is 144 cm³/mol. The summed E-state index contributed by atoms with van der Waals surface area (Å²) in [5.74, 6) is -0.705. The van der Waals surface area contributed by atoms with E-state index in [-0.39, 0.29) is 6.42 Å². The molecule has 0 atom stereocenters. The summed E-state index contributed by atoms with van der Waals surface area (Å²) in [4.78, 5) is 10.9. The van der Waals surface area contributed by atoms with Crippen molar-refractivity contribution in [2.75, 3.05) is 6.16 Å². The summed E-state index contributed by atoms with van der Waals surface area (Å²) in [7, 11) is 0. The van der Waals surface area contributed by atoms with Gasteiger partial charge in [-0.15, -0.1) is 0 Å². The van der Waals surface area contributed by atoms with E-state index in [1.54, 1.807) is 0 Å². The van der Waals surface area contributed by atoms with E-state index < -0.39 is 11.3 Å². The van der Waals surface area contributed by atoms with Crippen molar-refractivity contribution in [3.63, 3.8) is 0 Å². The van der Waals surface area contributed by atoms with Crippen LogP contribution in [0.1, 0.15) is 48.8 Å². The van der Waals surface area contributed by atoms with E-state index in [2.05, 4.69) is 109 Å². The first-order valence-corrected chi connectivity index (χ1v) is 15.8. The van der Waals surface area contributed by atoms with Gasteiger partial charge in [-0.3, -0.25) is 0 Å². The molecule has 0 aromatic heterocycles. The van der Waals surface area contributed by atoms with Crippen LogP contribution in [0.4, 0.5) is 0 Å². The predicted octanol–water partition coefficient (Wildman–Crippen LogP) is 6.79. The van der Waals surface area contributed by atoms with Crippen LogP contribution in [0.25, 0.3) is 0 Å². The van der Waals surface area contributed by atoms with E-state index in [1.807, 2.05) is 0 Å². The van der Waals surface area contributed by atoms with E-state index in [4.69, 9.17) is 5.11 Å². The average molecular weight is 513 g/mol. The number of aryl methyl sites for hydroxylation is 3. The first-order chi connectivity index (χ1) is 15.2. The van der Waals surface area contributed by atoms with Gasteiger partial charge in [-0.05, 0) is 0 Å². The Bertz CT molecular complexity index is 927. The summed E-state index contributed by atoms with van der Waals surface area (Å²) in [6, 6.07) is 27.1. The number of rotatable bonds is 10. The molecule has 3 aromatic rings. The van der Waals surface area contributed by atoms with Crippen LogP contribution in [0.2, 0.25) is 0 Å². The fourth-order valence-electron chi connectivity index (χ4n) is 4.44. The number of carboxylic acid groups (broad SMARTS) is 1. The molecule has 0 aliphatic rings. The fraction of sp³-hybridized carbons (Fsp3) is 0.321. The minimum absolute atomic E-state index is 0.256. The number of hydrogen-bond acceptors (Lipinski definition) is 1. The molecule has 0 aliphatic heterocycles. The topological polar surface area (TPSA) is 37.3 Å². The van der Waals surface area contributed by atoms with Crippen LogP contribution in [0.3, 0.4) is 0 Å². The zero-order valence-corrected chi connectivity index (χ0v) is 21.8. The minimum atomic E-state index is -2.89. The van der Waals surface area contributed by atoms with Gasteiger partial charge in [0.1, 0.15) is 0 Å². The van der Waals surface area contributed by atoms with E-state index >= 15 is 0 Å². The number of halogens is 1. The molecule has 3 rings (SSSR count). The second-order valence-corrected chi connectivity index (χ2v) is 18.0. The summed E-state index contributed by atoms with van der Waals surface area (Å²) in [6.45, 7) is 6.40. The van der Waals surface area contributed by atoms with Crippen LogP contribution >= 0.6 is 20.8 Å². The first-order valence-electron chi connectivity index (χ1n) is 11.4. The molecule has 1 N–H and O–H groups in total. The normalized spacial score (nSPS) is 12.8. The standard InChI is InChI=1S/C28H34BrO2P/c1-22-9-15-25(16-10-22)32(29,26-17-11-23(2)12-18-26,27-19-13-24(3)14-20-27)21-7-5-4-6-8-28(30)31/h9-20H,4-8,21H2,1-3H3,(H,30,31). The summed E-state index contributed by atoms with van der Waals surface area (Å²) < 4.78 is 0. The molecule has 0 unspecified atom stereocenters. The molecule has 0 saturated heterocycles. The molecule has 0 radical (unpaired) electrons. The van der Waals surface area contributed by atoms with Crippen molar-refractivity contribution < 1.29 is 9.90 Å². The van der Waals surface area contributed by atoms with E-state index in [0.717, 1.165) is 31.8 Å². The number of carbonyl (C=O) groups is 1. The molecular weight excluding hydrogens is 479 g/mol. The van der Waals surface area contributed by atoms with Crippen LogP contribution in [0, 0.1) is 20.8 Å². The monoisotopic (exact) mass is 512 g/mol. The Morgan fingerprint density at radius 3 is 1.34 bits per heavy atom. The van der Waals surface area contributed by atoms with Crippen molar-refractivity contribution >= 4 is 42.7 Å². The van der Waals surface area contributed by atoms with Crippen molar-refractivity contribution in [1.29, 1.82) is 0 Å². The molecule has 2 nitrogen and oxygen atoms in total. The summed E-state index contributed by atoms with van der Waals surface area (Å²) in [5, 5.41) is 10.1. The molecule has 0 aliphatic carbocycles. The van der Waals surface area contributed by atoms with E-state index in [1.165, 1.54) is 32.6 Å². The number of carboxylic acids is 1. The van der Waals surface area contributed by atoms with Crippen molar-refractivity contribution in [1.82, 2.24) is 0 Å². The van der Waals surface area contributed by atoms with Gasteiger partial charge in [0.05, 0.1) is 0 Å². The molecule has 32 heavy (non-hydrogen) atoms. The van der Waals surface area contributed by atoms with Crippen molar-refractivity contribution in [2.45, 2.75) is 52.9 Å². The number of hydrogen-bond donors (Lipinski definition) is 1. The summed E-state index contributed by atoms with van der Waals surface area (Å²) in [5.41, 5.74) is 3.77. The Morgan fingerprint density at radius 1 is 0.656 bits per heavy atom. The van der Waals surface area contributed by atoms with Gasteiger partial charge in [-0.1, -0.05) is 0 Å². The van der Waals surface area contributed by atoms with Gasteiger partial charge in [0, 0.05) is 0 Å². The number of unbranched alkanes of at least 4 members (excludes halogenated alkanes) is 3. The van der Waals surface area contributed by atoms with Gasteiger partial charge in [-0.25, -0.2) is 0 Å². The molecule has 0 bridgehead atoms. The SMILES string of the molecule is Cc1ccc(P(Br)(CCCCCCC(=O)O)(c2ccc(C)cc2)c2ccc(C)cc2)cc1. The van der Waals surface area contributed by atoms with E-state index in [0.29, 0.717) is 0 Å². The molecule has 0 amide bonds. The first kappa shape index (κ1) is 24.7. The Balaban J connectivity index is 2.11. The van der Waals surface area contributed by atoms with Gasteiger partial charge >= 0.3 is 201 Å². The third-order valence-electron chi connectivity index (χ3n) is 6.44. The van der Waals surface area contributed by atoms with Gasteiger partial charge < -0.3 is 0 Å². The third-order valence-corrected chi connectivity index (χ3v) is 16.5. The molecule has 0 saturated carbocycles. The summed E-state index contributed by atoms with van der Waals surface area (Å²) in [6.07, 6.45) is 5.02. The van der Waals surface area contributed by atoms with Crippen molar-refractivity contribution in [3.8, 4) is 0 Å². The molecule has 0 fully saturated rings. The number of benzene rings is 3. The zero-order valence-electron chi connectivity index (χ0n) is 19.4. The molecule has 170 valence electrons. The van der Waals surface area contributed by atoms with Gasteiger partial charge in [0.2, 0.25) is 0 Å². The Kier molecular flexibility index (Phi) is 7.96. The molecule has 0 spiro atoms. The van der Waals surface area contributed by atoms with E-state index in [9.17, 15) is 4.79 Å². The van der Waals surface area contributed by atoms with Gasteiger partial charge in [0.25, 0.3) is 0 Å². The van der Waals surface area contributed by atoms with Crippen LogP contribution in [-0.4, -0.2) is 17.2 Å². The maximum absolute atomic E-state index is 10.9. The Hall–Kier alpha value is -1.96. The Morgan fingerprint density at radius 2 is 1.00 bits per heavy atom. The number of aliphatic carboxylic acids is 1. The molecule has 0 heterocycles. The van der Waals surface area contributed by atoms with Crippen LogP contribution in [0.5, 0.6) is 0 Å². The van der Waals surface area contributed by atoms with Gasteiger partial charge in [0.15, 0.2) is 0 Å². The molecule has 3 aromatic carbocycles. The second-order valence-electron chi connectivity index (χ2n) is 8.97. The van der Waals surface area contributed by atoms with Gasteiger partial charge in [-0.2, -0.15) is 0 Å². The zero-order chi connectivity index (χ0) is 23.2. The quantitative estimate of drug-likeness (QED) is 0.240. The third kappa shape index (κ3) is 5.16.